The van der Waals surface area contributed by atoms with Crippen LogP contribution in [-0.2, 0) is 9.59 Å². The molecule has 0 bridgehead atoms. The predicted molar refractivity (Wildman–Crippen MR) is 63.2 cm³/mol. The Morgan fingerprint density at radius 2 is 1.60 bits per heavy atom. The molecule has 0 aliphatic carbocycles. The summed E-state index contributed by atoms with van der Waals surface area (Å²) >= 11 is 0. The largest absolute Gasteiger partial charge is 0.292 e. The molecule has 2 aliphatic rings. The first-order valence-corrected chi connectivity index (χ1v) is 5.96. The van der Waals surface area contributed by atoms with E-state index in [4.69, 9.17) is 0 Å². The van der Waals surface area contributed by atoms with E-state index in [0.717, 1.165) is 0 Å². The molecular weight excluding hydrogens is 267 g/mol. The average Bonchev–Trinajstić information content (AvgIpc) is 2.68. The van der Waals surface area contributed by atoms with Gasteiger partial charge in [-0.05, 0) is 12.1 Å². The van der Waals surface area contributed by atoms with Crippen molar-refractivity contribution < 1.29 is 23.6 Å². The molecule has 1 fully saturated rings. The summed E-state index contributed by atoms with van der Waals surface area (Å²) in [5.74, 6) is -6.44. The van der Waals surface area contributed by atoms with Crippen LogP contribution in [-0.4, -0.2) is 34.3 Å². The van der Waals surface area contributed by atoms with E-state index in [1.54, 1.807) is 12.1 Å². The number of nitrogens with one attached hydrogen (secondary N) is 1. The number of hydrogen-bond donors (Lipinski definition) is 1. The lowest BCUT2D eigenvalue weighted by Gasteiger charge is -2.33. The molecule has 4 amide bonds. The number of hydrogen-bond acceptors (Lipinski definition) is 4. The smallest absolute Gasteiger partial charge is 0.285 e. The minimum absolute atomic E-state index is 0.0548. The highest BCUT2D eigenvalue weighted by molar-refractivity contribution is 6.23. The molecule has 102 valence electrons. The summed E-state index contributed by atoms with van der Waals surface area (Å²) in [6.45, 7) is 0. The van der Waals surface area contributed by atoms with Crippen molar-refractivity contribution in [3.63, 3.8) is 0 Å². The van der Waals surface area contributed by atoms with Gasteiger partial charge in [-0.1, -0.05) is 12.1 Å². The number of carbonyl (C=O) groups is 4. The normalized spacial score (nSPS) is 25.8. The van der Waals surface area contributed by atoms with Crippen LogP contribution in [0.25, 0.3) is 0 Å². The molecule has 3 rings (SSSR count). The van der Waals surface area contributed by atoms with E-state index in [1.807, 2.05) is 5.32 Å². The van der Waals surface area contributed by atoms with E-state index in [-0.39, 0.29) is 17.5 Å². The van der Waals surface area contributed by atoms with Crippen molar-refractivity contribution >= 4 is 23.6 Å². The predicted octanol–water partition coefficient (Wildman–Crippen LogP) is 0.385. The van der Waals surface area contributed by atoms with Crippen LogP contribution in [0.1, 0.15) is 33.6 Å². The molecule has 0 radical (unpaired) electrons. The summed E-state index contributed by atoms with van der Waals surface area (Å²) in [7, 11) is 0. The second kappa shape index (κ2) is 3.96. The quantitative estimate of drug-likeness (QED) is 0.594. The lowest BCUT2D eigenvalue weighted by Crippen LogP contribution is -2.61. The summed E-state index contributed by atoms with van der Waals surface area (Å²) in [5.41, 5.74) is 0.110. The van der Waals surface area contributed by atoms with E-state index in [9.17, 15) is 23.6 Å². The van der Waals surface area contributed by atoms with Crippen LogP contribution >= 0.6 is 0 Å². The first kappa shape index (κ1) is 12.5. The van der Waals surface area contributed by atoms with Gasteiger partial charge in [0.1, 0.15) is 0 Å². The molecule has 0 saturated carbocycles. The number of fused-ring (bicyclic) bond motifs is 1. The van der Waals surface area contributed by atoms with Gasteiger partial charge in [0.05, 0.1) is 11.1 Å². The van der Waals surface area contributed by atoms with Crippen LogP contribution in [0.2, 0.25) is 0 Å². The van der Waals surface area contributed by atoms with Crippen molar-refractivity contribution in [1.82, 2.24) is 10.2 Å². The van der Waals surface area contributed by atoms with Gasteiger partial charge in [-0.15, -0.1) is 0 Å². The van der Waals surface area contributed by atoms with Gasteiger partial charge in [-0.3, -0.25) is 24.5 Å². The van der Waals surface area contributed by atoms with Crippen LogP contribution in [0.3, 0.4) is 0 Å². The van der Waals surface area contributed by atoms with E-state index >= 15 is 0 Å². The number of benzene rings is 1. The highest BCUT2D eigenvalue weighted by atomic mass is 19.1. The Morgan fingerprint density at radius 1 is 1.05 bits per heavy atom. The second-order valence-electron chi connectivity index (χ2n) is 4.63. The first-order valence-electron chi connectivity index (χ1n) is 5.96. The lowest BCUT2D eigenvalue weighted by atomic mass is 10.0. The van der Waals surface area contributed by atoms with Gasteiger partial charge in [0.15, 0.2) is 0 Å². The van der Waals surface area contributed by atoms with Gasteiger partial charge in [0, 0.05) is 12.8 Å². The third-order valence-corrected chi connectivity index (χ3v) is 3.43. The van der Waals surface area contributed by atoms with E-state index in [2.05, 4.69) is 0 Å². The number of piperidine rings is 1. The van der Waals surface area contributed by atoms with Gasteiger partial charge in [0.25, 0.3) is 23.5 Å². The van der Waals surface area contributed by atoms with Crippen molar-refractivity contribution in [2.45, 2.75) is 18.6 Å². The van der Waals surface area contributed by atoms with Crippen LogP contribution in [0, 0.1) is 0 Å². The molecule has 6 nitrogen and oxygen atoms in total. The van der Waals surface area contributed by atoms with Crippen molar-refractivity contribution in [2.24, 2.45) is 0 Å². The molecule has 1 aromatic carbocycles. The number of nitrogens with zero attached hydrogens (tertiary/aromatic N) is 1. The van der Waals surface area contributed by atoms with Gasteiger partial charge < -0.3 is 0 Å². The maximum Gasteiger partial charge on any atom is 0.285 e. The van der Waals surface area contributed by atoms with E-state index < -0.39 is 35.8 Å². The maximum absolute atomic E-state index is 14.8. The minimum Gasteiger partial charge on any atom is -0.292 e. The monoisotopic (exact) mass is 276 g/mol. The number of alkyl halides is 1. The fourth-order valence-electron chi connectivity index (χ4n) is 2.40. The van der Waals surface area contributed by atoms with Crippen molar-refractivity contribution in [3.05, 3.63) is 35.4 Å². The van der Waals surface area contributed by atoms with Crippen molar-refractivity contribution in [3.8, 4) is 0 Å². The molecule has 2 heterocycles. The summed E-state index contributed by atoms with van der Waals surface area (Å²) in [6.07, 6.45) is -0.793. The minimum atomic E-state index is -2.82. The first-order chi connectivity index (χ1) is 9.45. The van der Waals surface area contributed by atoms with E-state index in [1.165, 1.54) is 12.1 Å². The summed E-state index contributed by atoms with van der Waals surface area (Å²) in [5, 5.41) is 1.82. The summed E-state index contributed by atoms with van der Waals surface area (Å²) < 4.78 is 14.8. The summed E-state index contributed by atoms with van der Waals surface area (Å²) in [4.78, 5) is 47.4. The van der Waals surface area contributed by atoms with Crippen molar-refractivity contribution in [2.75, 3.05) is 0 Å². The zero-order chi connectivity index (χ0) is 14.5. The standard InChI is InChI=1S/C13H9FN2O4/c14-13(6-5-9(17)15-12(13)20)16-10(18)7-3-1-2-4-8(7)11(16)19/h1-4H,5-6H2,(H,15,17,20)/t13-/m0/s1. The number of carbonyl (C=O) groups excluding carboxylic acids is 4. The molecule has 1 atom stereocenters. The molecule has 0 aromatic heterocycles. The second-order valence-corrected chi connectivity index (χ2v) is 4.63. The highest BCUT2D eigenvalue weighted by Gasteiger charge is 2.56. The fraction of sp³-hybridized carbons (Fsp3) is 0.231. The molecule has 0 spiro atoms. The van der Waals surface area contributed by atoms with Crippen LogP contribution in [0.15, 0.2) is 24.3 Å². The number of imide groups is 2. The van der Waals surface area contributed by atoms with Gasteiger partial charge in [-0.25, -0.2) is 9.29 Å². The van der Waals surface area contributed by atoms with Crippen LogP contribution < -0.4 is 5.32 Å². The Kier molecular flexibility index (Phi) is 2.47. The van der Waals surface area contributed by atoms with Crippen LogP contribution in [0.4, 0.5) is 4.39 Å². The Bertz CT molecular complexity index is 637. The third kappa shape index (κ3) is 1.49. The molecular formula is C13H9FN2O4. The summed E-state index contributed by atoms with van der Waals surface area (Å²) in [6, 6.07) is 5.88. The van der Waals surface area contributed by atoms with Gasteiger partial charge in [-0.2, -0.15) is 0 Å². The van der Waals surface area contributed by atoms with Crippen LogP contribution in [0.5, 0.6) is 0 Å². The SMILES string of the molecule is O=C1CC[C@](F)(N2C(=O)c3ccccc3C2=O)C(=O)N1. The Hall–Kier alpha value is -2.57. The number of amides is 4. The van der Waals surface area contributed by atoms with Gasteiger partial charge in [0.2, 0.25) is 5.91 Å². The third-order valence-electron chi connectivity index (χ3n) is 3.43. The number of halogens is 1. The molecule has 1 aromatic rings. The van der Waals surface area contributed by atoms with Gasteiger partial charge >= 0.3 is 0 Å². The topological polar surface area (TPSA) is 83.6 Å². The Morgan fingerprint density at radius 3 is 2.10 bits per heavy atom. The molecule has 0 unspecified atom stereocenters. The Balaban J connectivity index is 2.04. The zero-order valence-corrected chi connectivity index (χ0v) is 10.2. The Labute approximate surface area is 112 Å². The molecule has 2 aliphatic heterocycles. The molecule has 1 saturated heterocycles. The molecule has 1 N–H and O–H groups in total. The molecule has 20 heavy (non-hydrogen) atoms. The lowest BCUT2D eigenvalue weighted by molar-refractivity contribution is -0.151. The average molecular weight is 276 g/mol. The van der Waals surface area contributed by atoms with Crippen molar-refractivity contribution in [1.29, 1.82) is 0 Å². The fourth-order valence-corrected chi connectivity index (χ4v) is 2.40. The number of rotatable bonds is 1. The maximum atomic E-state index is 14.8. The van der Waals surface area contributed by atoms with E-state index in [0.29, 0.717) is 4.90 Å². The zero-order valence-electron chi connectivity index (χ0n) is 10.2. The highest BCUT2D eigenvalue weighted by Crippen LogP contribution is 2.35. The molecule has 7 heteroatoms.